The first kappa shape index (κ1) is 30.1. The van der Waals surface area contributed by atoms with E-state index in [2.05, 4.69) is 79.9 Å². The first-order valence-corrected chi connectivity index (χ1v) is 14.4. The lowest BCUT2D eigenvalue weighted by Crippen LogP contribution is -2.30. The summed E-state index contributed by atoms with van der Waals surface area (Å²) >= 11 is 2.20. The van der Waals surface area contributed by atoms with E-state index in [0.717, 1.165) is 48.4 Å². The molecule has 0 aliphatic heterocycles. The predicted octanol–water partition coefficient (Wildman–Crippen LogP) is 5.78. The molecule has 0 spiro atoms. The van der Waals surface area contributed by atoms with Gasteiger partial charge in [0.1, 0.15) is 12.4 Å². The van der Waals surface area contributed by atoms with Gasteiger partial charge in [-0.2, -0.15) is 5.90 Å². The molecule has 0 aromatic heterocycles. The summed E-state index contributed by atoms with van der Waals surface area (Å²) in [6.07, 6.45) is 10.7. The quantitative estimate of drug-likeness (QED) is 0.123. The van der Waals surface area contributed by atoms with Gasteiger partial charge in [-0.1, -0.05) is 56.2 Å². The van der Waals surface area contributed by atoms with E-state index < -0.39 is 5.97 Å². The van der Waals surface area contributed by atoms with Crippen LogP contribution < -0.4 is 19.5 Å². The number of hydrogen-bond acceptors (Lipinski definition) is 7. The van der Waals surface area contributed by atoms with Crippen LogP contribution in [-0.2, 0) is 27.4 Å². The second-order valence-corrected chi connectivity index (χ2v) is 10.2. The van der Waals surface area contributed by atoms with Crippen LogP contribution in [0.1, 0.15) is 62.1 Å². The van der Waals surface area contributed by atoms with Crippen LogP contribution in [0.2, 0.25) is 0 Å². The fraction of sp³-hybridized carbons (Fsp3) is 0.433. The minimum Gasteiger partial charge on any atom is -0.495 e. The Kier molecular flexibility index (Phi) is 13.1. The fourth-order valence-corrected chi connectivity index (χ4v) is 4.82. The summed E-state index contributed by atoms with van der Waals surface area (Å²) in [7, 11) is 2.01. The molecule has 0 radical (unpaired) electrons. The molecular weight excluding hydrogens is 593 g/mol. The van der Waals surface area contributed by atoms with E-state index in [1.807, 2.05) is 31.3 Å². The standard InChI is InChI=1S/C30H40IN3O4/c1-3-4-8-26(17-18-34-31)37-27-14-15-28(29(20-27)33-2)24-7-5-6-23(19-24)21-36-25-12-9-22(10-13-25)11-16-30(35)38-32/h5-7,9-10,12-15,19,26,29,33-34H,3-4,8,11,16-18,20-21,32H2,1-2H3. The maximum Gasteiger partial charge on any atom is 0.324 e. The van der Waals surface area contributed by atoms with Gasteiger partial charge in [0, 0.05) is 41.9 Å². The summed E-state index contributed by atoms with van der Waals surface area (Å²) in [4.78, 5) is 15.4. The van der Waals surface area contributed by atoms with Crippen molar-refractivity contribution in [1.29, 1.82) is 0 Å². The summed E-state index contributed by atoms with van der Waals surface area (Å²) in [5.41, 5.74) is 4.56. The molecule has 3 rings (SSSR count). The van der Waals surface area contributed by atoms with Crippen LogP contribution >= 0.6 is 22.9 Å². The van der Waals surface area contributed by atoms with Crippen LogP contribution in [0.5, 0.6) is 5.75 Å². The number of carbonyl (C=O) groups is 1. The third-order valence-corrected chi connectivity index (χ3v) is 7.21. The highest BCUT2D eigenvalue weighted by Crippen LogP contribution is 2.30. The van der Waals surface area contributed by atoms with Crippen molar-refractivity contribution in [2.24, 2.45) is 5.90 Å². The Morgan fingerprint density at radius 3 is 2.66 bits per heavy atom. The molecule has 0 fully saturated rings. The second kappa shape index (κ2) is 16.5. The molecule has 0 amide bonds. The van der Waals surface area contributed by atoms with Crippen molar-refractivity contribution in [2.75, 3.05) is 13.6 Å². The lowest BCUT2D eigenvalue weighted by atomic mass is 9.91. The SMILES string of the molecule is CCCCC(CCNI)OC1=CC=C(c2cccc(COc3ccc(CCC(=O)ON)cc3)c2)C(NC)C1. The molecule has 2 unspecified atom stereocenters. The highest BCUT2D eigenvalue weighted by molar-refractivity contribution is 14.1. The molecule has 0 heterocycles. The van der Waals surface area contributed by atoms with Gasteiger partial charge in [-0.05, 0) is 72.8 Å². The first-order chi connectivity index (χ1) is 18.6. The van der Waals surface area contributed by atoms with Crippen molar-refractivity contribution >= 4 is 34.4 Å². The zero-order valence-corrected chi connectivity index (χ0v) is 24.5. The third kappa shape index (κ3) is 9.72. The Hall–Kier alpha value is -2.40. The lowest BCUT2D eigenvalue weighted by Gasteiger charge is -2.28. The Morgan fingerprint density at radius 2 is 1.95 bits per heavy atom. The number of unbranched alkanes of at least 4 members (excludes halogenated alkanes) is 1. The zero-order chi connectivity index (χ0) is 27.2. The molecule has 8 heteroatoms. The van der Waals surface area contributed by atoms with Crippen molar-refractivity contribution in [3.8, 4) is 5.75 Å². The maximum atomic E-state index is 11.2. The lowest BCUT2D eigenvalue weighted by molar-refractivity contribution is -0.144. The average Bonchev–Trinajstić information content (AvgIpc) is 2.96. The number of hydrogen-bond donors (Lipinski definition) is 3. The Morgan fingerprint density at radius 1 is 1.13 bits per heavy atom. The third-order valence-electron chi connectivity index (χ3n) is 6.67. The number of halogens is 1. The molecule has 4 N–H and O–H groups in total. The molecule has 2 aromatic rings. The summed E-state index contributed by atoms with van der Waals surface area (Å²) in [6.45, 7) is 3.64. The van der Waals surface area contributed by atoms with E-state index in [9.17, 15) is 4.79 Å². The van der Waals surface area contributed by atoms with Crippen molar-refractivity contribution < 1.29 is 19.1 Å². The average molecular weight is 634 g/mol. The predicted molar refractivity (Wildman–Crippen MR) is 160 cm³/mol. The van der Waals surface area contributed by atoms with E-state index >= 15 is 0 Å². The van der Waals surface area contributed by atoms with Gasteiger partial charge in [0.05, 0.1) is 18.3 Å². The minimum atomic E-state index is -0.418. The largest absolute Gasteiger partial charge is 0.495 e. The van der Waals surface area contributed by atoms with E-state index in [1.165, 1.54) is 24.0 Å². The number of nitrogens with one attached hydrogen (secondary N) is 2. The molecule has 0 saturated carbocycles. The number of benzene rings is 2. The summed E-state index contributed by atoms with van der Waals surface area (Å²) in [5, 5.41) is 3.48. The van der Waals surface area contributed by atoms with Crippen LogP contribution in [0, 0.1) is 0 Å². The molecule has 1 aliphatic carbocycles. The number of rotatable bonds is 16. The van der Waals surface area contributed by atoms with Gasteiger partial charge in [-0.3, -0.25) is 8.32 Å². The molecule has 1 aliphatic rings. The molecular formula is C30H40IN3O4. The van der Waals surface area contributed by atoms with Crippen LogP contribution in [0.15, 0.2) is 66.4 Å². The molecule has 206 valence electrons. The first-order valence-electron chi connectivity index (χ1n) is 13.3. The number of allylic oxidation sites excluding steroid dienone is 2. The monoisotopic (exact) mass is 633 g/mol. The topological polar surface area (TPSA) is 94.8 Å². The van der Waals surface area contributed by atoms with Crippen molar-refractivity contribution in [3.63, 3.8) is 0 Å². The van der Waals surface area contributed by atoms with Gasteiger partial charge in [0.25, 0.3) is 0 Å². The smallest absolute Gasteiger partial charge is 0.324 e. The molecule has 2 aromatic carbocycles. The highest BCUT2D eigenvalue weighted by atomic mass is 127. The van der Waals surface area contributed by atoms with Gasteiger partial charge in [-0.25, -0.2) is 0 Å². The van der Waals surface area contributed by atoms with Gasteiger partial charge in [-0.15, -0.1) is 0 Å². The minimum absolute atomic E-state index is 0.185. The number of carbonyl (C=O) groups excluding carboxylic acids is 1. The fourth-order valence-electron chi connectivity index (χ4n) is 4.51. The molecule has 0 bridgehead atoms. The van der Waals surface area contributed by atoms with E-state index in [-0.39, 0.29) is 18.6 Å². The zero-order valence-electron chi connectivity index (χ0n) is 22.4. The number of aryl methyl sites for hydroxylation is 1. The van der Waals surface area contributed by atoms with Gasteiger partial charge >= 0.3 is 5.97 Å². The molecule has 0 saturated heterocycles. The second-order valence-electron chi connectivity index (χ2n) is 9.48. The van der Waals surface area contributed by atoms with E-state index in [0.29, 0.717) is 13.0 Å². The highest BCUT2D eigenvalue weighted by Gasteiger charge is 2.22. The normalized spacial score (nSPS) is 15.8. The van der Waals surface area contributed by atoms with Crippen molar-refractivity contribution in [3.05, 3.63) is 83.1 Å². The van der Waals surface area contributed by atoms with Crippen molar-refractivity contribution in [1.82, 2.24) is 8.85 Å². The Labute approximate surface area is 240 Å². The van der Waals surface area contributed by atoms with Gasteiger partial charge < -0.3 is 19.6 Å². The summed E-state index contributed by atoms with van der Waals surface area (Å²) in [5.74, 6) is 6.31. The van der Waals surface area contributed by atoms with Gasteiger partial charge in [0.15, 0.2) is 0 Å². The van der Waals surface area contributed by atoms with Gasteiger partial charge in [0.2, 0.25) is 0 Å². The van der Waals surface area contributed by atoms with Crippen LogP contribution in [0.25, 0.3) is 5.57 Å². The Balaban J connectivity index is 1.63. The molecule has 2 atom stereocenters. The number of ether oxygens (including phenoxy) is 2. The summed E-state index contributed by atoms with van der Waals surface area (Å²) in [6, 6.07) is 16.4. The van der Waals surface area contributed by atoms with E-state index in [1.54, 1.807) is 0 Å². The number of likely N-dealkylation sites (N-methyl/N-ethyl adjacent to an activating group) is 1. The maximum absolute atomic E-state index is 11.2. The van der Waals surface area contributed by atoms with E-state index in [4.69, 9.17) is 15.4 Å². The van der Waals surface area contributed by atoms with Crippen LogP contribution in [0.3, 0.4) is 0 Å². The van der Waals surface area contributed by atoms with Crippen LogP contribution in [-0.4, -0.2) is 31.7 Å². The molecule has 7 nitrogen and oxygen atoms in total. The number of nitrogens with two attached hydrogens (primary N) is 1. The molecule has 38 heavy (non-hydrogen) atoms. The van der Waals surface area contributed by atoms with Crippen molar-refractivity contribution in [2.45, 2.75) is 70.6 Å². The Bertz CT molecular complexity index is 1060. The summed E-state index contributed by atoms with van der Waals surface area (Å²) < 4.78 is 15.7. The van der Waals surface area contributed by atoms with Crippen LogP contribution in [0.4, 0.5) is 0 Å².